The van der Waals surface area contributed by atoms with Gasteiger partial charge in [0.2, 0.25) is 0 Å². The monoisotopic (exact) mass is 202 g/mol. The largest absolute Gasteiger partial charge is 0.390 e. The zero-order valence-corrected chi connectivity index (χ0v) is 8.76. The van der Waals surface area contributed by atoms with Crippen molar-refractivity contribution in [2.75, 3.05) is 18.1 Å². The summed E-state index contributed by atoms with van der Waals surface area (Å²) in [7, 11) is 0. The molecule has 1 N–H and O–H groups in total. The van der Waals surface area contributed by atoms with Crippen molar-refractivity contribution in [1.29, 1.82) is 0 Å². The van der Waals surface area contributed by atoms with Crippen LogP contribution in [0.2, 0.25) is 0 Å². The number of ether oxygens (including phenoxy) is 1. The Kier molecular flexibility index (Phi) is 3.52. The van der Waals surface area contributed by atoms with Gasteiger partial charge in [-0.05, 0) is 18.8 Å². The van der Waals surface area contributed by atoms with Crippen LogP contribution in [0.4, 0.5) is 0 Å². The van der Waals surface area contributed by atoms with Crippen molar-refractivity contribution in [3.63, 3.8) is 0 Å². The Balaban J connectivity index is 1.83. The maximum absolute atomic E-state index is 10.0. The van der Waals surface area contributed by atoms with Crippen molar-refractivity contribution in [1.82, 2.24) is 0 Å². The highest BCUT2D eigenvalue weighted by Crippen LogP contribution is 2.31. The van der Waals surface area contributed by atoms with Gasteiger partial charge in [-0.25, -0.2) is 0 Å². The van der Waals surface area contributed by atoms with Crippen molar-refractivity contribution in [3.05, 3.63) is 0 Å². The number of hydrogen-bond acceptors (Lipinski definition) is 3. The van der Waals surface area contributed by atoms with E-state index in [1.807, 2.05) is 11.8 Å². The van der Waals surface area contributed by atoms with E-state index in [1.54, 1.807) is 0 Å². The van der Waals surface area contributed by atoms with Crippen LogP contribution in [-0.2, 0) is 4.74 Å². The molecule has 2 unspecified atom stereocenters. The lowest BCUT2D eigenvalue weighted by atomic mass is 9.97. The van der Waals surface area contributed by atoms with Crippen molar-refractivity contribution < 1.29 is 9.84 Å². The molecule has 1 saturated carbocycles. The molecule has 1 heterocycles. The predicted octanol–water partition coefficient (Wildman–Crippen LogP) is 1.67. The normalized spacial score (nSPS) is 33.5. The molecule has 3 heteroatoms. The summed E-state index contributed by atoms with van der Waals surface area (Å²) in [6.45, 7) is 0.819. The van der Waals surface area contributed by atoms with Gasteiger partial charge < -0.3 is 9.84 Å². The zero-order valence-electron chi connectivity index (χ0n) is 7.95. The predicted molar refractivity (Wildman–Crippen MR) is 55.0 cm³/mol. The summed E-state index contributed by atoms with van der Waals surface area (Å²) < 4.78 is 5.58. The first kappa shape index (κ1) is 9.81. The average Bonchev–Trinajstić information content (AvgIpc) is 2.71. The van der Waals surface area contributed by atoms with E-state index in [1.165, 1.54) is 25.7 Å². The molecule has 0 bridgehead atoms. The Morgan fingerprint density at radius 1 is 1.31 bits per heavy atom. The van der Waals surface area contributed by atoms with Crippen LogP contribution >= 0.6 is 11.8 Å². The van der Waals surface area contributed by atoms with Crippen molar-refractivity contribution in [2.24, 2.45) is 5.92 Å². The highest BCUT2D eigenvalue weighted by molar-refractivity contribution is 7.99. The number of thioether (sulfide) groups is 1. The van der Waals surface area contributed by atoms with Crippen LogP contribution in [0.1, 0.15) is 25.7 Å². The molecule has 2 nitrogen and oxygen atoms in total. The summed E-state index contributed by atoms with van der Waals surface area (Å²) in [5.74, 6) is 2.59. The molecule has 1 aliphatic heterocycles. The molecule has 0 amide bonds. The lowest BCUT2D eigenvalue weighted by Gasteiger charge is -2.30. The molecule has 2 aliphatic rings. The van der Waals surface area contributed by atoms with Crippen LogP contribution < -0.4 is 0 Å². The van der Waals surface area contributed by atoms with E-state index in [-0.39, 0.29) is 12.2 Å². The van der Waals surface area contributed by atoms with E-state index in [0.717, 1.165) is 18.1 Å². The molecule has 1 saturated heterocycles. The van der Waals surface area contributed by atoms with Gasteiger partial charge in [-0.2, -0.15) is 11.8 Å². The number of aliphatic hydroxyl groups is 1. The molecule has 76 valence electrons. The maximum atomic E-state index is 10.0. The zero-order chi connectivity index (χ0) is 9.10. The third-order valence-corrected chi connectivity index (χ3v) is 4.13. The van der Waals surface area contributed by atoms with Crippen molar-refractivity contribution >= 4 is 11.8 Å². The Bertz CT molecular complexity index is 151. The maximum Gasteiger partial charge on any atom is 0.0927 e. The first-order valence-electron chi connectivity index (χ1n) is 5.25. The van der Waals surface area contributed by atoms with Gasteiger partial charge in [-0.3, -0.25) is 0 Å². The van der Waals surface area contributed by atoms with E-state index < -0.39 is 0 Å². The van der Waals surface area contributed by atoms with Gasteiger partial charge in [0.1, 0.15) is 0 Å². The first-order chi connectivity index (χ1) is 6.38. The van der Waals surface area contributed by atoms with Gasteiger partial charge in [0.15, 0.2) is 0 Å². The summed E-state index contributed by atoms with van der Waals surface area (Å²) in [5, 5.41) is 10.0. The van der Waals surface area contributed by atoms with Crippen LogP contribution in [-0.4, -0.2) is 35.4 Å². The third-order valence-electron chi connectivity index (χ3n) is 3.11. The summed E-state index contributed by atoms with van der Waals surface area (Å²) >= 11 is 1.91. The van der Waals surface area contributed by atoms with Gasteiger partial charge in [0.05, 0.1) is 18.8 Å². The van der Waals surface area contributed by atoms with Gasteiger partial charge in [0.25, 0.3) is 0 Å². The Labute approximate surface area is 84.0 Å². The minimum Gasteiger partial charge on any atom is -0.390 e. The summed E-state index contributed by atoms with van der Waals surface area (Å²) in [6.07, 6.45) is 4.90. The molecular weight excluding hydrogens is 184 g/mol. The Hall–Kier alpha value is 0.270. The van der Waals surface area contributed by atoms with Gasteiger partial charge in [0, 0.05) is 11.5 Å². The second kappa shape index (κ2) is 4.67. The highest BCUT2D eigenvalue weighted by atomic mass is 32.2. The first-order valence-corrected chi connectivity index (χ1v) is 6.41. The summed E-state index contributed by atoms with van der Waals surface area (Å²) in [5.41, 5.74) is 0. The van der Waals surface area contributed by atoms with Crippen LogP contribution in [0.25, 0.3) is 0 Å². The van der Waals surface area contributed by atoms with Gasteiger partial charge in [-0.15, -0.1) is 0 Å². The summed E-state index contributed by atoms with van der Waals surface area (Å²) in [6, 6.07) is 0. The quantitative estimate of drug-likeness (QED) is 0.738. The Morgan fingerprint density at radius 3 is 2.69 bits per heavy atom. The van der Waals surface area contributed by atoms with E-state index in [2.05, 4.69) is 0 Å². The number of aliphatic hydroxyl groups excluding tert-OH is 1. The molecule has 1 aliphatic carbocycles. The fourth-order valence-electron chi connectivity index (χ4n) is 2.31. The van der Waals surface area contributed by atoms with Crippen molar-refractivity contribution in [3.8, 4) is 0 Å². The van der Waals surface area contributed by atoms with Gasteiger partial charge in [-0.1, -0.05) is 12.8 Å². The number of rotatable bonds is 2. The molecule has 13 heavy (non-hydrogen) atoms. The smallest absolute Gasteiger partial charge is 0.0927 e. The standard InChI is InChI=1S/C10H18O2S/c11-10(8-3-1-2-4-8)9-7-13-6-5-12-9/h8-11H,1-7H2. The average molecular weight is 202 g/mol. The van der Waals surface area contributed by atoms with Crippen LogP contribution in [0.15, 0.2) is 0 Å². The van der Waals surface area contributed by atoms with E-state index >= 15 is 0 Å². The van der Waals surface area contributed by atoms with Crippen molar-refractivity contribution in [2.45, 2.75) is 37.9 Å². The van der Waals surface area contributed by atoms with Gasteiger partial charge >= 0.3 is 0 Å². The molecule has 0 spiro atoms. The molecule has 2 fully saturated rings. The molecule has 0 aromatic carbocycles. The minimum absolute atomic E-state index is 0.113. The molecule has 0 aromatic heterocycles. The van der Waals surface area contributed by atoms with Crippen LogP contribution in [0, 0.1) is 5.92 Å². The summed E-state index contributed by atoms with van der Waals surface area (Å²) in [4.78, 5) is 0. The molecular formula is C10H18O2S. The van der Waals surface area contributed by atoms with E-state index in [0.29, 0.717) is 5.92 Å². The Morgan fingerprint density at radius 2 is 2.08 bits per heavy atom. The topological polar surface area (TPSA) is 29.5 Å². The molecule has 0 aromatic rings. The number of hydrogen-bond donors (Lipinski definition) is 1. The van der Waals surface area contributed by atoms with Crippen LogP contribution in [0.3, 0.4) is 0 Å². The van der Waals surface area contributed by atoms with E-state index in [9.17, 15) is 5.11 Å². The lowest BCUT2D eigenvalue weighted by molar-refractivity contribution is -0.0469. The molecule has 2 atom stereocenters. The van der Waals surface area contributed by atoms with Crippen LogP contribution in [0.5, 0.6) is 0 Å². The second-order valence-corrected chi connectivity index (χ2v) is 5.17. The SMILES string of the molecule is OC(C1CCCC1)C1CSCCO1. The fraction of sp³-hybridized carbons (Fsp3) is 1.00. The van der Waals surface area contributed by atoms with E-state index in [4.69, 9.17) is 4.74 Å². The molecule has 0 radical (unpaired) electrons. The second-order valence-electron chi connectivity index (χ2n) is 4.02. The fourth-order valence-corrected chi connectivity index (χ4v) is 3.21. The highest BCUT2D eigenvalue weighted by Gasteiger charge is 2.31. The molecule has 2 rings (SSSR count). The lowest BCUT2D eigenvalue weighted by Crippen LogP contribution is -2.39. The third kappa shape index (κ3) is 2.39. The minimum atomic E-state index is -0.199.